The van der Waals surface area contributed by atoms with E-state index in [-0.39, 0.29) is 31.1 Å². The lowest BCUT2D eigenvalue weighted by molar-refractivity contribution is -0.143. The van der Waals surface area contributed by atoms with Crippen molar-refractivity contribution in [1.29, 1.82) is 0 Å². The summed E-state index contributed by atoms with van der Waals surface area (Å²) in [5.41, 5.74) is 11.7. The van der Waals surface area contributed by atoms with Gasteiger partial charge >= 0.3 is 5.97 Å². The van der Waals surface area contributed by atoms with E-state index in [1.165, 1.54) is 17.4 Å². The van der Waals surface area contributed by atoms with Crippen LogP contribution in [0.5, 0.6) is 0 Å². The molecular weight excluding hydrogens is 458 g/mol. The number of hydrogen-bond donors (Lipinski definition) is 6. The normalized spacial score (nSPS) is 18.1. The Morgan fingerprint density at radius 3 is 2.51 bits per heavy atom. The van der Waals surface area contributed by atoms with Crippen molar-refractivity contribution in [2.75, 3.05) is 6.54 Å². The summed E-state index contributed by atoms with van der Waals surface area (Å²) in [5, 5.41) is 14.5. The maximum atomic E-state index is 13.1. The van der Waals surface area contributed by atoms with E-state index in [1.54, 1.807) is 0 Å². The molecule has 1 aliphatic rings. The molecule has 194 valence electrons. The number of H-pyrrole nitrogens is 1. The zero-order valence-electron chi connectivity index (χ0n) is 20.0. The second-order valence-corrected chi connectivity index (χ2v) is 9.17. The third kappa shape index (κ3) is 8.35. The van der Waals surface area contributed by atoms with Crippen LogP contribution in [0.2, 0.25) is 0 Å². The quantitative estimate of drug-likeness (QED) is 0.192. The molecule has 1 aliphatic heterocycles. The van der Waals surface area contributed by atoms with Crippen molar-refractivity contribution in [1.82, 2.24) is 25.5 Å². The van der Waals surface area contributed by atoms with Crippen molar-refractivity contribution in [3.8, 4) is 0 Å². The molecule has 0 aromatic carbocycles. The fourth-order valence-corrected chi connectivity index (χ4v) is 4.04. The average Bonchev–Trinajstić information content (AvgIpc) is 3.46. The van der Waals surface area contributed by atoms with Crippen LogP contribution in [0.3, 0.4) is 0 Å². The molecule has 1 aromatic rings. The number of aromatic nitrogens is 2. The van der Waals surface area contributed by atoms with Gasteiger partial charge < -0.3 is 37.1 Å². The van der Waals surface area contributed by atoms with Gasteiger partial charge in [-0.1, -0.05) is 13.8 Å². The van der Waals surface area contributed by atoms with Crippen LogP contribution in [0, 0.1) is 5.92 Å². The van der Waals surface area contributed by atoms with E-state index >= 15 is 0 Å². The molecule has 1 aromatic heterocycles. The summed E-state index contributed by atoms with van der Waals surface area (Å²) in [6, 6.07) is -4.07. The Morgan fingerprint density at radius 1 is 1.23 bits per heavy atom. The van der Waals surface area contributed by atoms with Crippen LogP contribution in [0.15, 0.2) is 12.5 Å². The van der Waals surface area contributed by atoms with Crippen molar-refractivity contribution in [2.45, 2.75) is 76.5 Å². The molecule has 4 amide bonds. The first-order chi connectivity index (χ1) is 16.5. The summed E-state index contributed by atoms with van der Waals surface area (Å²) in [5.74, 6) is -3.44. The van der Waals surface area contributed by atoms with E-state index in [4.69, 9.17) is 11.5 Å². The number of likely N-dealkylation sites (tertiary alicyclic amines) is 1. The van der Waals surface area contributed by atoms with Gasteiger partial charge in [0.2, 0.25) is 23.6 Å². The van der Waals surface area contributed by atoms with Crippen LogP contribution in [0.1, 0.15) is 51.6 Å². The molecule has 0 spiro atoms. The number of rotatable bonds is 13. The Balaban J connectivity index is 2.11. The number of nitrogens with zero attached hydrogens (tertiary/aromatic N) is 2. The summed E-state index contributed by atoms with van der Waals surface area (Å²) in [6.45, 7) is 4.26. The number of hydrogen-bond acceptors (Lipinski definition) is 7. The minimum atomic E-state index is -1.30. The van der Waals surface area contributed by atoms with Gasteiger partial charge in [-0.3, -0.25) is 19.2 Å². The van der Waals surface area contributed by atoms with Gasteiger partial charge in [-0.2, -0.15) is 0 Å². The molecule has 13 nitrogen and oxygen atoms in total. The number of carboxylic acids is 1. The Labute approximate surface area is 203 Å². The van der Waals surface area contributed by atoms with Gasteiger partial charge in [-0.25, -0.2) is 9.78 Å². The zero-order chi connectivity index (χ0) is 26.1. The Bertz CT molecular complexity index is 904. The molecule has 1 saturated heterocycles. The van der Waals surface area contributed by atoms with Crippen LogP contribution in [0.4, 0.5) is 0 Å². The number of aromatic amines is 1. The first kappa shape index (κ1) is 27.8. The second-order valence-electron chi connectivity index (χ2n) is 9.17. The number of aliphatic carboxylic acids is 1. The van der Waals surface area contributed by atoms with Gasteiger partial charge in [0, 0.05) is 31.3 Å². The fourth-order valence-electron chi connectivity index (χ4n) is 4.04. The monoisotopic (exact) mass is 493 g/mol. The number of carbonyl (C=O) groups excluding carboxylic acids is 4. The van der Waals surface area contributed by atoms with Crippen LogP contribution in [-0.4, -0.2) is 80.3 Å². The van der Waals surface area contributed by atoms with Gasteiger partial charge in [0.25, 0.3) is 0 Å². The number of carboxylic acid groups (broad SMARTS) is 1. The van der Waals surface area contributed by atoms with E-state index < -0.39 is 47.9 Å². The largest absolute Gasteiger partial charge is 0.480 e. The molecule has 0 saturated carbocycles. The SMILES string of the molecule is CC(C)CC(N)C(=O)N1CCCC1C(=O)NC(CCC(N)=O)C(=O)NC(Cc1cnc[nH]1)C(=O)O. The van der Waals surface area contributed by atoms with Crippen molar-refractivity contribution in [3.05, 3.63) is 18.2 Å². The average molecular weight is 494 g/mol. The third-order valence-corrected chi connectivity index (χ3v) is 5.79. The first-order valence-corrected chi connectivity index (χ1v) is 11.6. The topological polar surface area (TPSA) is 214 Å². The molecule has 2 heterocycles. The van der Waals surface area contributed by atoms with Crippen molar-refractivity contribution in [3.63, 3.8) is 0 Å². The van der Waals surface area contributed by atoms with E-state index in [1.807, 2.05) is 13.8 Å². The van der Waals surface area contributed by atoms with E-state index in [2.05, 4.69) is 20.6 Å². The molecular formula is C22H35N7O6. The molecule has 0 bridgehead atoms. The molecule has 1 fully saturated rings. The van der Waals surface area contributed by atoms with Crippen molar-refractivity contribution >= 4 is 29.6 Å². The molecule has 0 aliphatic carbocycles. The number of primary amides is 1. The van der Waals surface area contributed by atoms with E-state index in [9.17, 15) is 29.1 Å². The predicted molar refractivity (Wildman–Crippen MR) is 124 cm³/mol. The van der Waals surface area contributed by atoms with Crippen LogP contribution in [0.25, 0.3) is 0 Å². The molecule has 35 heavy (non-hydrogen) atoms. The van der Waals surface area contributed by atoms with Crippen LogP contribution in [-0.2, 0) is 30.4 Å². The number of imidazole rings is 1. The highest BCUT2D eigenvalue weighted by molar-refractivity contribution is 5.94. The molecule has 2 rings (SSSR count). The number of amides is 4. The first-order valence-electron chi connectivity index (χ1n) is 11.6. The Morgan fingerprint density at radius 2 is 1.94 bits per heavy atom. The van der Waals surface area contributed by atoms with Gasteiger partial charge in [0.1, 0.15) is 18.1 Å². The lowest BCUT2D eigenvalue weighted by Gasteiger charge is -2.29. The Hall–Kier alpha value is -3.48. The van der Waals surface area contributed by atoms with Crippen LogP contribution < -0.4 is 22.1 Å². The summed E-state index contributed by atoms with van der Waals surface area (Å²) >= 11 is 0. The lowest BCUT2D eigenvalue weighted by atomic mass is 10.0. The smallest absolute Gasteiger partial charge is 0.326 e. The standard InChI is InChI=1S/C22H35N7O6/c1-12(2)8-14(23)21(33)29-7-3-4-17(29)20(32)27-15(5-6-18(24)30)19(31)28-16(22(34)35)9-13-10-25-11-26-13/h10-12,14-17H,3-9,23H2,1-2H3,(H2,24,30)(H,25,26)(H,27,32)(H,28,31)(H,34,35). The Kier molecular flexibility index (Phi) is 10.2. The summed E-state index contributed by atoms with van der Waals surface area (Å²) < 4.78 is 0. The van der Waals surface area contributed by atoms with Crippen LogP contribution >= 0.6 is 0 Å². The zero-order valence-corrected chi connectivity index (χ0v) is 20.0. The fraction of sp³-hybridized carbons (Fsp3) is 0.636. The van der Waals surface area contributed by atoms with Gasteiger partial charge in [0.15, 0.2) is 0 Å². The molecule has 4 unspecified atom stereocenters. The number of carbonyl (C=O) groups is 5. The minimum Gasteiger partial charge on any atom is -0.480 e. The lowest BCUT2D eigenvalue weighted by Crippen LogP contribution is -2.57. The molecule has 4 atom stereocenters. The molecule has 0 radical (unpaired) electrons. The summed E-state index contributed by atoms with van der Waals surface area (Å²) in [7, 11) is 0. The molecule has 8 N–H and O–H groups in total. The highest BCUT2D eigenvalue weighted by atomic mass is 16.4. The summed E-state index contributed by atoms with van der Waals surface area (Å²) in [6.07, 6.45) is 3.89. The highest BCUT2D eigenvalue weighted by Gasteiger charge is 2.38. The van der Waals surface area contributed by atoms with Gasteiger partial charge in [0.05, 0.1) is 12.4 Å². The minimum absolute atomic E-state index is 0.0593. The second kappa shape index (κ2) is 12.8. The van der Waals surface area contributed by atoms with Gasteiger partial charge in [-0.05, 0) is 31.6 Å². The molecule has 13 heteroatoms. The van der Waals surface area contributed by atoms with E-state index in [0.717, 1.165) is 0 Å². The highest BCUT2D eigenvalue weighted by Crippen LogP contribution is 2.20. The number of nitrogens with two attached hydrogens (primary N) is 2. The van der Waals surface area contributed by atoms with Crippen molar-refractivity contribution < 1.29 is 29.1 Å². The maximum Gasteiger partial charge on any atom is 0.326 e. The third-order valence-electron chi connectivity index (χ3n) is 5.79. The number of nitrogens with one attached hydrogen (secondary N) is 3. The predicted octanol–water partition coefficient (Wildman–Crippen LogP) is -1.36. The van der Waals surface area contributed by atoms with Gasteiger partial charge in [-0.15, -0.1) is 0 Å². The maximum absolute atomic E-state index is 13.1. The van der Waals surface area contributed by atoms with Crippen molar-refractivity contribution in [2.24, 2.45) is 17.4 Å². The van der Waals surface area contributed by atoms with E-state index in [0.29, 0.717) is 31.5 Å². The summed E-state index contributed by atoms with van der Waals surface area (Å²) in [4.78, 5) is 69.8.